The summed E-state index contributed by atoms with van der Waals surface area (Å²) in [6.45, 7) is 0.673. The van der Waals surface area contributed by atoms with Gasteiger partial charge < -0.3 is 15.7 Å². The number of aryl methyl sites for hydroxylation is 1. The maximum atomic E-state index is 12.3. The van der Waals surface area contributed by atoms with Crippen molar-refractivity contribution in [3.63, 3.8) is 0 Å². The molecule has 4 heteroatoms. The fourth-order valence-electron chi connectivity index (χ4n) is 5.01. The van der Waals surface area contributed by atoms with Gasteiger partial charge in [0.2, 0.25) is 0 Å². The van der Waals surface area contributed by atoms with E-state index in [0.29, 0.717) is 18.4 Å². The van der Waals surface area contributed by atoms with Crippen LogP contribution in [0.5, 0.6) is 0 Å². The van der Waals surface area contributed by atoms with Gasteiger partial charge in [-0.3, -0.25) is 0 Å². The lowest BCUT2D eigenvalue weighted by Crippen LogP contribution is -2.40. The van der Waals surface area contributed by atoms with Crippen LogP contribution in [0.3, 0.4) is 0 Å². The SMILES string of the molecule is O=C(NCC1CCCC(O)C1)NC1CC2CCCc3cccc1c32. The van der Waals surface area contributed by atoms with Gasteiger partial charge in [-0.1, -0.05) is 24.6 Å². The molecule has 24 heavy (non-hydrogen) atoms. The smallest absolute Gasteiger partial charge is 0.315 e. The first-order valence-corrected chi connectivity index (χ1v) is 9.55. The number of carbonyl (C=O) groups is 1. The van der Waals surface area contributed by atoms with E-state index in [1.165, 1.54) is 36.0 Å². The maximum Gasteiger partial charge on any atom is 0.315 e. The largest absolute Gasteiger partial charge is 0.393 e. The molecule has 1 saturated carbocycles. The van der Waals surface area contributed by atoms with Crippen molar-refractivity contribution in [1.29, 1.82) is 0 Å². The molecule has 0 saturated heterocycles. The molecule has 4 nitrogen and oxygen atoms in total. The van der Waals surface area contributed by atoms with E-state index in [9.17, 15) is 9.90 Å². The van der Waals surface area contributed by atoms with Gasteiger partial charge in [-0.2, -0.15) is 0 Å². The number of hydrogen-bond donors (Lipinski definition) is 3. The predicted molar refractivity (Wildman–Crippen MR) is 94.0 cm³/mol. The van der Waals surface area contributed by atoms with Crippen molar-refractivity contribution >= 4 is 6.03 Å². The van der Waals surface area contributed by atoms with Crippen molar-refractivity contribution < 1.29 is 9.90 Å². The second-order valence-electron chi connectivity index (χ2n) is 7.84. The Kier molecular flexibility index (Phi) is 4.49. The molecular weight excluding hydrogens is 300 g/mol. The Morgan fingerprint density at radius 1 is 1.17 bits per heavy atom. The maximum absolute atomic E-state index is 12.3. The third-order valence-corrected chi connectivity index (χ3v) is 6.14. The first-order valence-electron chi connectivity index (χ1n) is 9.55. The molecule has 1 aromatic carbocycles. The zero-order chi connectivity index (χ0) is 16.5. The van der Waals surface area contributed by atoms with Gasteiger partial charge in [0.15, 0.2) is 0 Å². The number of amides is 2. The van der Waals surface area contributed by atoms with Crippen LogP contribution >= 0.6 is 0 Å². The molecule has 3 aliphatic rings. The van der Waals surface area contributed by atoms with Crippen LogP contribution < -0.4 is 10.6 Å². The molecule has 130 valence electrons. The summed E-state index contributed by atoms with van der Waals surface area (Å²) < 4.78 is 0. The Morgan fingerprint density at radius 2 is 2.08 bits per heavy atom. The number of aliphatic hydroxyl groups is 1. The highest BCUT2D eigenvalue weighted by molar-refractivity contribution is 5.74. The van der Waals surface area contributed by atoms with Gasteiger partial charge in [0, 0.05) is 6.54 Å². The molecule has 4 rings (SSSR count). The zero-order valence-corrected chi connectivity index (χ0v) is 14.3. The van der Waals surface area contributed by atoms with Crippen molar-refractivity contribution in [2.75, 3.05) is 6.54 Å². The highest BCUT2D eigenvalue weighted by Gasteiger charge is 2.35. The third kappa shape index (κ3) is 3.16. The average molecular weight is 328 g/mol. The van der Waals surface area contributed by atoms with Crippen LogP contribution in [0.2, 0.25) is 0 Å². The lowest BCUT2D eigenvalue weighted by molar-refractivity contribution is 0.101. The van der Waals surface area contributed by atoms with Crippen LogP contribution in [-0.2, 0) is 6.42 Å². The Balaban J connectivity index is 1.35. The van der Waals surface area contributed by atoms with E-state index in [1.54, 1.807) is 0 Å². The molecular formula is C20H28N2O2. The van der Waals surface area contributed by atoms with Crippen molar-refractivity contribution in [2.24, 2.45) is 5.92 Å². The summed E-state index contributed by atoms with van der Waals surface area (Å²) in [5.41, 5.74) is 4.34. The van der Waals surface area contributed by atoms with Gasteiger partial charge in [-0.05, 0) is 73.5 Å². The topological polar surface area (TPSA) is 61.4 Å². The van der Waals surface area contributed by atoms with E-state index >= 15 is 0 Å². The molecule has 1 fully saturated rings. The zero-order valence-electron chi connectivity index (χ0n) is 14.3. The number of hydrogen-bond acceptors (Lipinski definition) is 2. The Bertz CT molecular complexity index is 616. The first-order chi connectivity index (χ1) is 11.7. The van der Waals surface area contributed by atoms with Crippen LogP contribution in [0.15, 0.2) is 18.2 Å². The van der Waals surface area contributed by atoms with Gasteiger partial charge in [-0.15, -0.1) is 0 Å². The minimum absolute atomic E-state index is 0.0590. The molecule has 0 aliphatic heterocycles. The van der Waals surface area contributed by atoms with Crippen molar-refractivity contribution in [1.82, 2.24) is 10.6 Å². The quantitative estimate of drug-likeness (QED) is 0.796. The van der Waals surface area contributed by atoms with Crippen molar-refractivity contribution in [2.45, 2.75) is 69.4 Å². The molecule has 4 unspecified atom stereocenters. The summed E-state index contributed by atoms with van der Waals surface area (Å²) in [4.78, 5) is 12.3. The lowest BCUT2D eigenvalue weighted by Gasteiger charge is -2.26. The molecule has 0 bridgehead atoms. The molecule has 3 aliphatic carbocycles. The lowest BCUT2D eigenvalue weighted by atomic mass is 9.84. The number of rotatable bonds is 3. The standard InChI is InChI=1S/C20H28N2O2/c23-16-8-1-4-13(10-16)12-21-20(24)22-18-11-15-7-2-5-14-6-3-9-17(18)19(14)15/h3,6,9,13,15-16,18,23H,1-2,4-5,7-8,10-12H2,(H2,21,22,24). The van der Waals surface area contributed by atoms with Gasteiger partial charge in [0.1, 0.15) is 0 Å². The number of nitrogens with one attached hydrogen (secondary N) is 2. The summed E-state index contributed by atoms with van der Waals surface area (Å²) in [5, 5.41) is 16.0. The Morgan fingerprint density at radius 3 is 2.96 bits per heavy atom. The van der Waals surface area contributed by atoms with Crippen molar-refractivity contribution in [3.05, 3.63) is 34.9 Å². The predicted octanol–water partition coefficient (Wildman–Crippen LogP) is 3.40. The molecule has 0 spiro atoms. The number of aliphatic hydroxyl groups excluding tert-OH is 1. The summed E-state index contributed by atoms with van der Waals surface area (Å²) >= 11 is 0. The summed E-state index contributed by atoms with van der Waals surface area (Å²) in [6.07, 6.45) is 8.46. The fraction of sp³-hybridized carbons (Fsp3) is 0.650. The fourth-order valence-corrected chi connectivity index (χ4v) is 5.01. The summed E-state index contributed by atoms with van der Waals surface area (Å²) in [5.74, 6) is 1.04. The van der Waals surface area contributed by atoms with E-state index in [-0.39, 0.29) is 18.2 Å². The van der Waals surface area contributed by atoms with Crippen LogP contribution in [0, 0.1) is 5.92 Å². The molecule has 0 radical (unpaired) electrons. The Hall–Kier alpha value is -1.55. The average Bonchev–Trinajstić information content (AvgIpc) is 2.93. The van der Waals surface area contributed by atoms with E-state index < -0.39 is 0 Å². The van der Waals surface area contributed by atoms with Crippen molar-refractivity contribution in [3.8, 4) is 0 Å². The van der Waals surface area contributed by atoms with Crippen LogP contribution in [0.1, 0.15) is 73.6 Å². The highest BCUT2D eigenvalue weighted by Crippen LogP contribution is 2.47. The first kappa shape index (κ1) is 15.9. The minimum atomic E-state index is -0.184. The molecule has 1 aromatic rings. The van der Waals surface area contributed by atoms with Gasteiger partial charge in [0.05, 0.1) is 12.1 Å². The third-order valence-electron chi connectivity index (χ3n) is 6.14. The molecule has 0 aromatic heterocycles. The number of carbonyl (C=O) groups excluding carboxylic acids is 1. The number of urea groups is 1. The van der Waals surface area contributed by atoms with Crippen LogP contribution in [0.4, 0.5) is 4.79 Å². The van der Waals surface area contributed by atoms with E-state index in [2.05, 4.69) is 28.8 Å². The molecule has 3 N–H and O–H groups in total. The molecule has 0 heterocycles. The second-order valence-corrected chi connectivity index (χ2v) is 7.84. The molecule has 2 amide bonds. The summed E-state index contributed by atoms with van der Waals surface area (Å²) in [6, 6.07) is 6.67. The monoisotopic (exact) mass is 328 g/mol. The van der Waals surface area contributed by atoms with Gasteiger partial charge >= 0.3 is 6.03 Å². The van der Waals surface area contributed by atoms with Gasteiger partial charge in [-0.25, -0.2) is 4.79 Å². The number of benzene rings is 1. The second kappa shape index (κ2) is 6.75. The normalized spacial score (nSPS) is 31.4. The van der Waals surface area contributed by atoms with Gasteiger partial charge in [0.25, 0.3) is 0 Å². The van der Waals surface area contributed by atoms with Crippen LogP contribution in [-0.4, -0.2) is 23.8 Å². The van der Waals surface area contributed by atoms with E-state index in [1.807, 2.05) is 0 Å². The molecule has 4 atom stereocenters. The Labute approximate surface area is 144 Å². The van der Waals surface area contributed by atoms with E-state index in [0.717, 1.165) is 32.1 Å². The van der Waals surface area contributed by atoms with Crippen LogP contribution in [0.25, 0.3) is 0 Å². The minimum Gasteiger partial charge on any atom is -0.393 e. The van der Waals surface area contributed by atoms with E-state index in [4.69, 9.17) is 0 Å². The summed E-state index contributed by atoms with van der Waals surface area (Å²) in [7, 11) is 0. The highest BCUT2D eigenvalue weighted by atomic mass is 16.3.